The van der Waals surface area contributed by atoms with E-state index in [1.807, 2.05) is 13.1 Å². The summed E-state index contributed by atoms with van der Waals surface area (Å²) in [4.78, 5) is 6.86. The Morgan fingerprint density at radius 2 is 1.80 bits per heavy atom. The third kappa shape index (κ3) is 6.33. The molecule has 2 unspecified atom stereocenters. The number of nitrogens with one attached hydrogen (secondary N) is 2. The normalized spacial score (nSPS) is 22.7. The van der Waals surface area contributed by atoms with Crippen LogP contribution in [-0.4, -0.2) is 61.8 Å². The molecular formula is C20H34N4O. The molecule has 0 spiro atoms. The highest BCUT2D eigenvalue weighted by Gasteiger charge is 2.33. The molecule has 2 rings (SSSR count). The molecule has 1 aliphatic heterocycles. The average Bonchev–Trinajstić information content (AvgIpc) is 2.58. The third-order valence-electron chi connectivity index (χ3n) is 4.74. The molecule has 25 heavy (non-hydrogen) atoms. The zero-order valence-corrected chi connectivity index (χ0v) is 16.4. The zero-order valence-electron chi connectivity index (χ0n) is 16.4. The van der Waals surface area contributed by atoms with E-state index in [1.165, 1.54) is 5.56 Å². The molecule has 1 aromatic carbocycles. The molecule has 0 amide bonds. The highest BCUT2D eigenvalue weighted by molar-refractivity contribution is 5.79. The molecule has 1 fully saturated rings. The van der Waals surface area contributed by atoms with Crippen molar-refractivity contribution >= 4 is 5.96 Å². The molecule has 1 aliphatic rings. The first-order valence-corrected chi connectivity index (χ1v) is 9.29. The van der Waals surface area contributed by atoms with Crippen LogP contribution in [0.4, 0.5) is 0 Å². The van der Waals surface area contributed by atoms with Gasteiger partial charge in [-0.2, -0.15) is 0 Å². The van der Waals surface area contributed by atoms with Crippen molar-refractivity contribution in [3.63, 3.8) is 0 Å². The summed E-state index contributed by atoms with van der Waals surface area (Å²) in [6.07, 6.45) is 1.56. The summed E-state index contributed by atoms with van der Waals surface area (Å²) >= 11 is 0. The highest BCUT2D eigenvalue weighted by Crippen LogP contribution is 2.20. The lowest BCUT2D eigenvalue weighted by Gasteiger charge is -2.45. The largest absolute Gasteiger partial charge is 0.373 e. The lowest BCUT2D eigenvalue weighted by Crippen LogP contribution is -2.59. The third-order valence-corrected chi connectivity index (χ3v) is 4.74. The van der Waals surface area contributed by atoms with Crippen molar-refractivity contribution in [2.75, 3.05) is 33.2 Å². The van der Waals surface area contributed by atoms with Crippen LogP contribution >= 0.6 is 0 Å². The Bertz CT molecular complexity index is 534. The number of hydrogen-bond acceptors (Lipinski definition) is 3. The molecule has 0 aliphatic carbocycles. The molecule has 0 bridgehead atoms. The zero-order chi connectivity index (χ0) is 18.3. The van der Waals surface area contributed by atoms with Gasteiger partial charge < -0.3 is 15.4 Å². The van der Waals surface area contributed by atoms with E-state index in [0.29, 0.717) is 0 Å². The first-order chi connectivity index (χ1) is 11.9. The molecule has 2 atom stereocenters. The lowest BCUT2D eigenvalue weighted by atomic mass is 10.00. The molecule has 2 N–H and O–H groups in total. The maximum atomic E-state index is 5.86. The minimum absolute atomic E-state index is 0.0450. The van der Waals surface area contributed by atoms with E-state index in [1.54, 1.807) is 0 Å². The topological polar surface area (TPSA) is 48.9 Å². The summed E-state index contributed by atoms with van der Waals surface area (Å²) < 4.78 is 5.86. The quantitative estimate of drug-likeness (QED) is 0.613. The highest BCUT2D eigenvalue weighted by atomic mass is 16.5. The number of guanidine groups is 1. The summed E-state index contributed by atoms with van der Waals surface area (Å²) in [7, 11) is 1.82. The summed E-state index contributed by atoms with van der Waals surface area (Å²) in [6.45, 7) is 12.5. The van der Waals surface area contributed by atoms with E-state index in [9.17, 15) is 0 Å². The number of hydrogen-bond donors (Lipinski definition) is 2. The Morgan fingerprint density at radius 3 is 2.40 bits per heavy atom. The maximum absolute atomic E-state index is 5.86. The fraction of sp³-hybridized carbons (Fsp3) is 0.650. The predicted octanol–water partition coefficient (Wildman–Crippen LogP) is 2.28. The smallest absolute Gasteiger partial charge is 0.191 e. The van der Waals surface area contributed by atoms with Crippen LogP contribution in [0.15, 0.2) is 35.3 Å². The Hall–Kier alpha value is -1.59. The van der Waals surface area contributed by atoms with Gasteiger partial charge in [0.05, 0.1) is 12.2 Å². The van der Waals surface area contributed by atoms with Crippen molar-refractivity contribution in [3.05, 3.63) is 35.9 Å². The van der Waals surface area contributed by atoms with Gasteiger partial charge in [-0.25, -0.2) is 0 Å². The van der Waals surface area contributed by atoms with Crippen LogP contribution in [0.5, 0.6) is 0 Å². The maximum Gasteiger partial charge on any atom is 0.191 e. The SMILES string of the molecule is CN=C(NCCc1ccccc1)NCC(C)(C)N1CC(C)OC(C)C1. The number of benzene rings is 1. The van der Waals surface area contributed by atoms with E-state index >= 15 is 0 Å². The van der Waals surface area contributed by atoms with Crippen LogP contribution in [0.3, 0.4) is 0 Å². The molecule has 1 aromatic rings. The van der Waals surface area contributed by atoms with Gasteiger partial charge in [-0.3, -0.25) is 9.89 Å². The summed E-state index contributed by atoms with van der Waals surface area (Å²) in [5.74, 6) is 0.860. The monoisotopic (exact) mass is 346 g/mol. The van der Waals surface area contributed by atoms with E-state index in [4.69, 9.17) is 4.74 Å². The Morgan fingerprint density at radius 1 is 1.16 bits per heavy atom. The second kappa shape index (κ2) is 9.20. The second-order valence-electron chi connectivity index (χ2n) is 7.56. The predicted molar refractivity (Wildman–Crippen MR) is 105 cm³/mol. The number of nitrogens with zero attached hydrogens (tertiary/aromatic N) is 2. The van der Waals surface area contributed by atoms with E-state index in [2.05, 4.69) is 72.5 Å². The molecule has 0 radical (unpaired) electrons. The summed E-state index contributed by atoms with van der Waals surface area (Å²) in [6, 6.07) is 10.5. The van der Waals surface area contributed by atoms with Gasteiger partial charge in [0.15, 0.2) is 5.96 Å². The molecule has 1 saturated heterocycles. The van der Waals surface area contributed by atoms with Crippen molar-refractivity contribution < 1.29 is 4.74 Å². The minimum Gasteiger partial charge on any atom is -0.373 e. The molecule has 0 aromatic heterocycles. The van der Waals surface area contributed by atoms with Crippen molar-refractivity contribution in [2.24, 2.45) is 4.99 Å². The average molecular weight is 347 g/mol. The Labute approximate surface area is 152 Å². The number of rotatable bonds is 6. The van der Waals surface area contributed by atoms with Crippen LogP contribution in [0.1, 0.15) is 33.3 Å². The van der Waals surface area contributed by atoms with E-state index < -0.39 is 0 Å². The summed E-state index contributed by atoms with van der Waals surface area (Å²) in [5, 5.41) is 6.89. The first-order valence-electron chi connectivity index (χ1n) is 9.29. The second-order valence-corrected chi connectivity index (χ2v) is 7.56. The van der Waals surface area contributed by atoms with Crippen LogP contribution in [0.25, 0.3) is 0 Å². The molecule has 140 valence electrons. The van der Waals surface area contributed by atoms with Gasteiger partial charge >= 0.3 is 0 Å². The fourth-order valence-electron chi connectivity index (χ4n) is 3.27. The van der Waals surface area contributed by atoms with Crippen molar-refractivity contribution in [1.29, 1.82) is 0 Å². The van der Waals surface area contributed by atoms with Gasteiger partial charge in [-0.15, -0.1) is 0 Å². The molecule has 0 saturated carbocycles. The molecule has 5 nitrogen and oxygen atoms in total. The van der Waals surface area contributed by atoms with E-state index in [-0.39, 0.29) is 17.7 Å². The molecular weight excluding hydrogens is 312 g/mol. The molecule has 1 heterocycles. The van der Waals surface area contributed by atoms with Gasteiger partial charge in [0.2, 0.25) is 0 Å². The van der Waals surface area contributed by atoms with Crippen molar-refractivity contribution in [3.8, 4) is 0 Å². The van der Waals surface area contributed by atoms with Crippen molar-refractivity contribution in [2.45, 2.75) is 51.9 Å². The number of morpholine rings is 1. The van der Waals surface area contributed by atoms with Crippen LogP contribution in [-0.2, 0) is 11.2 Å². The van der Waals surface area contributed by atoms with Gasteiger partial charge in [0.1, 0.15) is 0 Å². The fourth-order valence-corrected chi connectivity index (χ4v) is 3.27. The van der Waals surface area contributed by atoms with Gasteiger partial charge in [0.25, 0.3) is 0 Å². The van der Waals surface area contributed by atoms with Crippen LogP contribution in [0.2, 0.25) is 0 Å². The standard InChI is InChI=1S/C20H34N4O/c1-16-13-24(14-17(2)25-16)20(3,4)15-23-19(21-5)22-12-11-18-9-7-6-8-10-18/h6-10,16-17H,11-15H2,1-5H3,(H2,21,22,23). The van der Waals surface area contributed by atoms with Crippen LogP contribution in [0, 0.1) is 0 Å². The Balaban J connectivity index is 1.78. The number of ether oxygens (including phenoxy) is 1. The molecule has 5 heteroatoms. The van der Waals surface area contributed by atoms with E-state index in [0.717, 1.165) is 38.6 Å². The first kappa shape index (κ1) is 19.7. The van der Waals surface area contributed by atoms with Gasteiger partial charge in [-0.05, 0) is 39.7 Å². The Kier molecular flexibility index (Phi) is 7.26. The lowest BCUT2D eigenvalue weighted by molar-refractivity contribution is -0.0946. The minimum atomic E-state index is 0.0450. The van der Waals surface area contributed by atoms with Gasteiger partial charge in [-0.1, -0.05) is 30.3 Å². The van der Waals surface area contributed by atoms with Crippen LogP contribution < -0.4 is 10.6 Å². The number of aliphatic imine (C=N–C) groups is 1. The van der Waals surface area contributed by atoms with Crippen molar-refractivity contribution in [1.82, 2.24) is 15.5 Å². The summed E-state index contributed by atoms with van der Waals surface area (Å²) in [5.41, 5.74) is 1.38. The van der Waals surface area contributed by atoms with Gasteiger partial charge in [0, 0.05) is 38.8 Å².